The third-order valence-electron chi connectivity index (χ3n) is 9.50. The quantitative estimate of drug-likeness (QED) is 0.198. The van der Waals surface area contributed by atoms with Crippen LogP contribution in [0.25, 0.3) is 21.1 Å². The highest BCUT2D eigenvalue weighted by atomic mass is 32.1. The zero-order chi connectivity index (χ0) is 33.3. The summed E-state index contributed by atoms with van der Waals surface area (Å²) in [5.74, 6) is 0.595. The summed E-state index contributed by atoms with van der Waals surface area (Å²) in [5.41, 5.74) is 4.13. The van der Waals surface area contributed by atoms with Gasteiger partial charge in [-0.3, -0.25) is 14.4 Å². The van der Waals surface area contributed by atoms with Crippen molar-refractivity contribution in [1.29, 1.82) is 5.26 Å². The summed E-state index contributed by atoms with van der Waals surface area (Å²) in [5, 5.41) is 15.2. The van der Waals surface area contributed by atoms with Crippen LogP contribution in [0.3, 0.4) is 0 Å². The number of nitrogens with zero attached hydrogens (tertiary/aromatic N) is 7. The Balaban J connectivity index is 1.06. The van der Waals surface area contributed by atoms with Crippen molar-refractivity contribution < 1.29 is 22.3 Å². The summed E-state index contributed by atoms with van der Waals surface area (Å²) in [6.07, 6.45) is -2.04. The van der Waals surface area contributed by atoms with Crippen LogP contribution in [-0.2, 0) is 28.6 Å². The molecule has 47 heavy (non-hydrogen) atoms. The lowest BCUT2D eigenvalue weighted by Crippen LogP contribution is -2.45. The van der Waals surface area contributed by atoms with Crippen LogP contribution in [0, 0.1) is 18.3 Å². The monoisotopic (exact) mass is 688 g/mol. The number of hydrogen-bond acceptors (Lipinski definition) is 9. The second-order valence-corrected chi connectivity index (χ2v) is 16.1. The zero-order valence-electron chi connectivity index (χ0n) is 26.9. The van der Waals surface area contributed by atoms with Crippen molar-refractivity contribution in [1.82, 2.24) is 29.0 Å². The normalized spacial score (nSPS) is 18.9. The smallest absolute Gasteiger partial charge is 0.367 e. The molecule has 10 nitrogen and oxygen atoms in total. The second kappa shape index (κ2) is 13.8. The molecule has 0 bridgehead atoms. The highest BCUT2D eigenvalue weighted by Crippen LogP contribution is 2.46. The predicted octanol–water partition coefficient (Wildman–Crippen LogP) is 6.09. The number of alkyl halides is 3. The number of aromatic nitrogens is 3. The molecule has 1 atom stereocenters. The Kier molecular flexibility index (Phi) is 9.95. The average molecular weight is 689 g/mol. The number of aryl methyl sites for hydroxylation is 1. The molecule has 252 valence electrons. The number of piperidine rings is 1. The lowest BCUT2D eigenvalue weighted by Gasteiger charge is -2.36. The van der Waals surface area contributed by atoms with Gasteiger partial charge in [-0.2, -0.15) is 18.4 Å². The largest absolute Gasteiger partial charge is 0.393 e. The molecule has 15 heteroatoms. The van der Waals surface area contributed by atoms with Crippen LogP contribution in [0.1, 0.15) is 34.5 Å². The minimum Gasteiger partial charge on any atom is -0.367 e. The number of nitriles is 1. The van der Waals surface area contributed by atoms with Crippen LogP contribution < -0.4 is 5.32 Å². The third-order valence-corrected chi connectivity index (χ3v) is 12.6. The van der Waals surface area contributed by atoms with E-state index in [0.29, 0.717) is 41.4 Å². The maximum absolute atomic E-state index is 12.9. The summed E-state index contributed by atoms with van der Waals surface area (Å²) in [6, 6.07) is 10.4. The van der Waals surface area contributed by atoms with Crippen molar-refractivity contribution in [3.8, 4) is 6.07 Å². The van der Waals surface area contributed by atoms with Crippen molar-refractivity contribution in [2.75, 3.05) is 64.9 Å². The van der Waals surface area contributed by atoms with E-state index in [2.05, 4.69) is 54.8 Å². The lowest BCUT2D eigenvalue weighted by molar-refractivity contribution is -0.126. The van der Waals surface area contributed by atoms with Gasteiger partial charge in [0, 0.05) is 94.5 Å². The molecule has 2 fully saturated rings. The molecule has 3 aromatic heterocycles. The summed E-state index contributed by atoms with van der Waals surface area (Å²) in [6.45, 7) is 10.9. The van der Waals surface area contributed by atoms with E-state index in [1.807, 2.05) is 10.7 Å². The predicted molar refractivity (Wildman–Crippen MR) is 179 cm³/mol. The highest BCUT2D eigenvalue weighted by molar-refractivity contribution is 7.55. The molecule has 2 aliphatic heterocycles. The summed E-state index contributed by atoms with van der Waals surface area (Å²) >= 11 is 1.06. The number of halogens is 3. The molecule has 2 saturated heterocycles. The van der Waals surface area contributed by atoms with Gasteiger partial charge in [0.05, 0.1) is 11.8 Å². The van der Waals surface area contributed by atoms with Gasteiger partial charge >= 0.3 is 6.18 Å². The number of fused-ring (bicyclic) bond motifs is 2. The van der Waals surface area contributed by atoms with Crippen LogP contribution in [0.5, 0.6) is 0 Å². The van der Waals surface area contributed by atoms with Gasteiger partial charge in [-0.05, 0) is 49.1 Å². The summed E-state index contributed by atoms with van der Waals surface area (Å²) in [7, 11) is -1.23. The number of thiophene rings is 1. The molecule has 1 aromatic carbocycles. The Labute approximate surface area is 276 Å². The number of nitrogens with one attached hydrogen (secondary N) is 1. The van der Waals surface area contributed by atoms with Gasteiger partial charge in [-0.15, -0.1) is 11.3 Å². The van der Waals surface area contributed by atoms with E-state index in [1.54, 1.807) is 12.7 Å². The average Bonchev–Trinajstić information content (AvgIpc) is 3.63. The van der Waals surface area contributed by atoms with Crippen molar-refractivity contribution in [2.24, 2.45) is 0 Å². The van der Waals surface area contributed by atoms with Gasteiger partial charge in [-0.1, -0.05) is 6.07 Å². The minimum absolute atomic E-state index is 0.167. The van der Waals surface area contributed by atoms with E-state index < -0.39 is 20.1 Å². The van der Waals surface area contributed by atoms with E-state index in [0.717, 1.165) is 74.3 Å². The fourth-order valence-corrected chi connectivity index (χ4v) is 8.84. The van der Waals surface area contributed by atoms with Crippen LogP contribution in [-0.4, -0.2) is 101 Å². The van der Waals surface area contributed by atoms with Gasteiger partial charge in [0.2, 0.25) is 0 Å². The molecule has 4 aromatic rings. The van der Waals surface area contributed by atoms with E-state index in [9.17, 15) is 23.0 Å². The number of rotatable bonds is 10. The molecule has 0 aliphatic carbocycles. The van der Waals surface area contributed by atoms with Crippen molar-refractivity contribution >= 4 is 45.8 Å². The van der Waals surface area contributed by atoms with E-state index in [1.165, 1.54) is 24.6 Å². The number of anilines is 1. The first-order chi connectivity index (χ1) is 22.4. The SMILES string of the molecule is COP(C)(=O)N1CCN(CCn2c(C#N)cc3c(C)c(CN4CCC(Nc5ncnc6sc(CC(F)(F)F)cc56)CC4)ccc32)CC1. The maximum Gasteiger partial charge on any atom is 0.393 e. The van der Waals surface area contributed by atoms with Gasteiger partial charge in [0.15, 0.2) is 0 Å². The van der Waals surface area contributed by atoms with E-state index >= 15 is 0 Å². The fraction of sp³-hybridized carbons (Fsp3) is 0.531. The van der Waals surface area contributed by atoms with Gasteiger partial charge in [0.25, 0.3) is 7.52 Å². The molecule has 6 rings (SSSR count). The number of piperazine rings is 1. The number of benzene rings is 1. The first kappa shape index (κ1) is 33.8. The van der Waals surface area contributed by atoms with E-state index in [4.69, 9.17) is 4.52 Å². The summed E-state index contributed by atoms with van der Waals surface area (Å²) in [4.78, 5) is 14.1. The van der Waals surface area contributed by atoms with Crippen LogP contribution in [0.4, 0.5) is 19.0 Å². The van der Waals surface area contributed by atoms with Crippen molar-refractivity contribution in [2.45, 2.75) is 51.5 Å². The van der Waals surface area contributed by atoms with Crippen LogP contribution >= 0.6 is 18.9 Å². The molecule has 1 N–H and O–H groups in total. The lowest BCUT2D eigenvalue weighted by atomic mass is 10.0. The topological polar surface area (TPSA) is 103 Å². The fourth-order valence-electron chi connectivity index (χ4n) is 6.68. The molecule has 0 saturated carbocycles. The van der Waals surface area contributed by atoms with Gasteiger partial charge in [0.1, 0.15) is 28.7 Å². The highest BCUT2D eigenvalue weighted by Gasteiger charge is 2.30. The molecule has 5 heterocycles. The van der Waals surface area contributed by atoms with Gasteiger partial charge in [-0.25, -0.2) is 14.6 Å². The minimum atomic E-state index is -4.26. The van der Waals surface area contributed by atoms with Gasteiger partial charge < -0.3 is 14.4 Å². The molecule has 0 amide bonds. The van der Waals surface area contributed by atoms with E-state index in [-0.39, 0.29) is 10.9 Å². The van der Waals surface area contributed by atoms with Crippen molar-refractivity contribution in [3.05, 3.63) is 52.3 Å². The standard InChI is InChI=1S/C32H40F3N8O2PS/c1-22-23(4-5-29-27(22)16-25(19-36)43(29)15-12-40-10-13-42(14-11-40)46(3,44)45-2)20-41-8-6-24(7-9-41)39-30-28-17-26(18-32(33,34)35)47-31(28)38-21-37-30/h4-5,16-17,21,24H,6-15,18,20H2,1-3H3,(H,37,38,39). The first-order valence-electron chi connectivity index (χ1n) is 15.9. The van der Waals surface area contributed by atoms with Crippen LogP contribution in [0.15, 0.2) is 30.6 Å². The Bertz CT molecular complexity index is 1820. The van der Waals surface area contributed by atoms with Crippen molar-refractivity contribution in [3.63, 3.8) is 0 Å². The maximum atomic E-state index is 12.9. The second-order valence-electron chi connectivity index (χ2n) is 12.5. The Morgan fingerprint density at radius 3 is 2.49 bits per heavy atom. The number of likely N-dealkylation sites (tertiary alicyclic amines) is 1. The molecule has 0 spiro atoms. The first-order valence-corrected chi connectivity index (χ1v) is 18.7. The molecule has 1 unspecified atom stereocenters. The molecular formula is C32H40F3N8O2PS. The van der Waals surface area contributed by atoms with Crippen LogP contribution in [0.2, 0.25) is 0 Å². The molecule has 0 radical (unpaired) electrons. The Morgan fingerprint density at radius 1 is 1.06 bits per heavy atom. The Hall–Kier alpha value is -3.05. The Morgan fingerprint density at radius 2 is 1.81 bits per heavy atom. The molecular weight excluding hydrogens is 648 g/mol. The molecule has 2 aliphatic rings. The number of hydrogen-bond donors (Lipinski definition) is 1. The third kappa shape index (κ3) is 7.66. The summed E-state index contributed by atoms with van der Waals surface area (Å²) < 4.78 is 60.6. The zero-order valence-corrected chi connectivity index (χ0v) is 28.6.